The SMILES string of the molecule is CCc1nc(C[P+](c2ccccc2)(c2ccccc2)c2ccccc2)co1. The number of nitrogens with zero attached hydrogens (tertiary/aromatic N) is 1. The van der Waals surface area contributed by atoms with E-state index < -0.39 is 7.26 Å². The summed E-state index contributed by atoms with van der Waals surface area (Å²) in [6.45, 7) is 2.07. The molecule has 0 aliphatic carbocycles. The van der Waals surface area contributed by atoms with Gasteiger partial charge in [0.2, 0.25) is 0 Å². The minimum atomic E-state index is -1.89. The summed E-state index contributed by atoms with van der Waals surface area (Å²) in [4.78, 5) is 4.75. The molecule has 0 N–H and O–H groups in total. The molecule has 0 radical (unpaired) electrons. The van der Waals surface area contributed by atoms with Gasteiger partial charge in [0.05, 0.1) is 0 Å². The van der Waals surface area contributed by atoms with Gasteiger partial charge in [0.25, 0.3) is 0 Å². The monoisotopic (exact) mass is 372 g/mol. The van der Waals surface area contributed by atoms with Crippen molar-refractivity contribution in [3.05, 3.63) is 109 Å². The molecular formula is C24H23NOP+. The maximum absolute atomic E-state index is 5.67. The summed E-state index contributed by atoms with van der Waals surface area (Å²) in [5.41, 5.74) is 1.02. The van der Waals surface area contributed by atoms with Crippen molar-refractivity contribution in [3.8, 4) is 0 Å². The Kier molecular flexibility index (Phi) is 5.18. The molecular weight excluding hydrogens is 349 g/mol. The molecule has 0 fully saturated rings. The van der Waals surface area contributed by atoms with Crippen molar-refractivity contribution in [1.82, 2.24) is 4.98 Å². The second-order valence-corrected chi connectivity index (χ2v) is 10.0. The Morgan fingerprint density at radius 3 is 1.52 bits per heavy atom. The molecule has 0 aliphatic rings. The van der Waals surface area contributed by atoms with Crippen molar-refractivity contribution in [2.45, 2.75) is 19.5 Å². The molecule has 0 atom stereocenters. The molecule has 2 nitrogen and oxygen atoms in total. The minimum absolute atomic E-state index is 0.803. The predicted octanol–water partition coefficient (Wildman–Crippen LogP) is 4.73. The van der Waals surface area contributed by atoms with E-state index in [4.69, 9.17) is 9.40 Å². The van der Waals surface area contributed by atoms with E-state index in [0.29, 0.717) is 0 Å². The lowest BCUT2D eigenvalue weighted by Gasteiger charge is -2.26. The van der Waals surface area contributed by atoms with E-state index in [-0.39, 0.29) is 0 Å². The highest BCUT2D eigenvalue weighted by atomic mass is 31.2. The summed E-state index contributed by atoms with van der Waals surface area (Å²) in [7, 11) is -1.89. The average molecular weight is 372 g/mol. The van der Waals surface area contributed by atoms with Crippen molar-refractivity contribution < 1.29 is 4.42 Å². The molecule has 3 aromatic carbocycles. The zero-order valence-corrected chi connectivity index (χ0v) is 16.3. The van der Waals surface area contributed by atoms with E-state index in [1.807, 2.05) is 6.26 Å². The third-order valence-electron chi connectivity index (χ3n) is 4.89. The van der Waals surface area contributed by atoms with Crippen LogP contribution in [0.4, 0.5) is 0 Å². The third kappa shape index (κ3) is 3.46. The lowest BCUT2D eigenvalue weighted by atomic mass is 10.4. The number of benzene rings is 3. The molecule has 4 rings (SSSR count). The van der Waals surface area contributed by atoms with Gasteiger partial charge in [-0.25, -0.2) is 4.98 Å². The van der Waals surface area contributed by atoms with Crippen molar-refractivity contribution >= 4 is 23.2 Å². The number of rotatable bonds is 6. The largest absolute Gasteiger partial charge is 0.449 e. The van der Waals surface area contributed by atoms with Crippen LogP contribution in [0, 0.1) is 0 Å². The zero-order chi connectivity index (χ0) is 18.5. The van der Waals surface area contributed by atoms with E-state index in [0.717, 1.165) is 24.2 Å². The summed E-state index contributed by atoms with van der Waals surface area (Å²) in [5.74, 6) is 0.803. The highest BCUT2D eigenvalue weighted by Crippen LogP contribution is 2.57. The van der Waals surface area contributed by atoms with E-state index in [9.17, 15) is 0 Å². The fourth-order valence-electron chi connectivity index (χ4n) is 3.60. The molecule has 1 heterocycles. The fraction of sp³-hybridized carbons (Fsp3) is 0.125. The molecule has 3 heteroatoms. The van der Waals surface area contributed by atoms with Gasteiger partial charge in [0, 0.05) is 6.42 Å². The molecule has 4 aromatic rings. The van der Waals surface area contributed by atoms with Crippen LogP contribution in [0.2, 0.25) is 0 Å². The molecule has 0 spiro atoms. The van der Waals surface area contributed by atoms with Gasteiger partial charge in [-0.3, -0.25) is 0 Å². The lowest BCUT2D eigenvalue weighted by molar-refractivity contribution is 0.501. The van der Waals surface area contributed by atoms with Crippen LogP contribution in [-0.2, 0) is 12.6 Å². The van der Waals surface area contributed by atoms with Gasteiger partial charge in [-0.15, -0.1) is 0 Å². The van der Waals surface area contributed by atoms with Gasteiger partial charge in [-0.2, -0.15) is 0 Å². The van der Waals surface area contributed by atoms with Gasteiger partial charge in [-0.05, 0) is 36.4 Å². The summed E-state index contributed by atoms with van der Waals surface area (Å²) < 4.78 is 5.67. The van der Waals surface area contributed by atoms with Gasteiger partial charge >= 0.3 is 0 Å². The van der Waals surface area contributed by atoms with Crippen LogP contribution in [0.1, 0.15) is 18.5 Å². The summed E-state index contributed by atoms with van der Waals surface area (Å²) in [5, 5.41) is 4.09. The van der Waals surface area contributed by atoms with Crippen LogP contribution in [0.3, 0.4) is 0 Å². The second kappa shape index (κ2) is 7.90. The number of hydrogen-bond acceptors (Lipinski definition) is 2. The van der Waals surface area contributed by atoms with Crippen LogP contribution in [0.25, 0.3) is 0 Å². The predicted molar refractivity (Wildman–Crippen MR) is 115 cm³/mol. The molecule has 27 heavy (non-hydrogen) atoms. The first-order valence-electron chi connectivity index (χ1n) is 9.31. The fourth-order valence-corrected chi connectivity index (χ4v) is 7.71. The van der Waals surface area contributed by atoms with Gasteiger partial charge in [-0.1, -0.05) is 61.5 Å². The molecule has 134 valence electrons. The van der Waals surface area contributed by atoms with E-state index >= 15 is 0 Å². The molecule has 0 saturated heterocycles. The maximum Gasteiger partial charge on any atom is 0.194 e. The van der Waals surface area contributed by atoms with Crippen molar-refractivity contribution in [2.75, 3.05) is 0 Å². The van der Waals surface area contributed by atoms with E-state index in [1.165, 1.54) is 15.9 Å². The molecule has 0 unspecified atom stereocenters. The smallest absolute Gasteiger partial charge is 0.194 e. The standard InChI is InChI=1S/C24H23NOP/c1-2-24-25-20(18-26-24)19-27(21-12-6-3-7-13-21,22-14-8-4-9-15-22)23-16-10-5-11-17-23/h3-18H,2,19H2,1H3/q+1. The molecule has 0 amide bonds. The van der Waals surface area contributed by atoms with E-state index in [1.54, 1.807) is 0 Å². The quantitative estimate of drug-likeness (QED) is 0.457. The number of aromatic nitrogens is 1. The summed E-state index contributed by atoms with van der Waals surface area (Å²) in [6.07, 6.45) is 3.50. The zero-order valence-electron chi connectivity index (χ0n) is 15.5. The van der Waals surface area contributed by atoms with Gasteiger partial charge in [0.15, 0.2) is 5.89 Å². The maximum atomic E-state index is 5.67. The first kappa shape index (κ1) is 17.7. The van der Waals surface area contributed by atoms with Crippen molar-refractivity contribution in [1.29, 1.82) is 0 Å². The first-order chi connectivity index (χ1) is 13.3. The Hall–Kier alpha value is -2.70. The topological polar surface area (TPSA) is 26.0 Å². The average Bonchev–Trinajstić information content (AvgIpc) is 3.21. The Balaban J connectivity index is 1.97. The third-order valence-corrected chi connectivity index (χ3v) is 9.23. The molecule has 0 saturated carbocycles. The Morgan fingerprint density at radius 2 is 1.15 bits per heavy atom. The van der Waals surface area contributed by atoms with Gasteiger partial charge < -0.3 is 4.42 Å². The number of hydrogen-bond donors (Lipinski definition) is 0. The van der Waals surface area contributed by atoms with Crippen LogP contribution in [0.5, 0.6) is 0 Å². The normalized spacial score (nSPS) is 11.4. The number of oxazole rings is 1. The van der Waals surface area contributed by atoms with Crippen LogP contribution in [-0.4, -0.2) is 4.98 Å². The Morgan fingerprint density at radius 1 is 0.704 bits per heavy atom. The van der Waals surface area contributed by atoms with Gasteiger partial charge in [0.1, 0.15) is 41.3 Å². The summed E-state index contributed by atoms with van der Waals surface area (Å²) in [6, 6.07) is 32.6. The Bertz CT molecular complexity index is 884. The lowest BCUT2D eigenvalue weighted by Crippen LogP contribution is -2.32. The minimum Gasteiger partial charge on any atom is -0.449 e. The second-order valence-electron chi connectivity index (χ2n) is 6.56. The number of aryl methyl sites for hydroxylation is 1. The molecule has 1 aromatic heterocycles. The first-order valence-corrected chi connectivity index (χ1v) is 11.3. The van der Waals surface area contributed by atoms with Crippen LogP contribution >= 0.6 is 7.26 Å². The highest BCUT2D eigenvalue weighted by molar-refractivity contribution is 7.95. The van der Waals surface area contributed by atoms with Crippen molar-refractivity contribution in [3.63, 3.8) is 0 Å². The van der Waals surface area contributed by atoms with Crippen LogP contribution in [0.15, 0.2) is 102 Å². The molecule has 0 bridgehead atoms. The Labute approximate surface area is 161 Å². The molecule has 0 aliphatic heterocycles. The van der Waals surface area contributed by atoms with Crippen molar-refractivity contribution in [2.24, 2.45) is 0 Å². The van der Waals surface area contributed by atoms with Crippen LogP contribution < -0.4 is 15.9 Å². The summed E-state index contributed by atoms with van der Waals surface area (Å²) >= 11 is 0. The van der Waals surface area contributed by atoms with E-state index in [2.05, 4.69) is 97.9 Å². The highest BCUT2D eigenvalue weighted by Gasteiger charge is 2.46.